The van der Waals surface area contributed by atoms with Crippen molar-refractivity contribution in [3.63, 3.8) is 0 Å². The van der Waals surface area contributed by atoms with E-state index >= 15 is 0 Å². The molecule has 1 amide bonds. The highest BCUT2D eigenvalue weighted by Gasteiger charge is 2.20. The Kier molecular flexibility index (Phi) is 5.65. The Bertz CT molecular complexity index is 488. The van der Waals surface area contributed by atoms with Crippen LogP contribution in [0.5, 0.6) is 0 Å². The van der Waals surface area contributed by atoms with E-state index in [0.717, 1.165) is 25.7 Å². The molecule has 1 aliphatic heterocycles. The molecule has 0 radical (unpaired) electrons. The Morgan fingerprint density at radius 2 is 2.19 bits per heavy atom. The molecule has 0 unspecified atom stereocenters. The number of carbonyl (C=O) groups excluding carboxylic acids is 2. The van der Waals surface area contributed by atoms with Crippen LogP contribution in [0.2, 0.25) is 0 Å². The lowest BCUT2D eigenvalue weighted by Gasteiger charge is -2.19. The summed E-state index contributed by atoms with van der Waals surface area (Å²) in [6.45, 7) is 3.37. The van der Waals surface area contributed by atoms with Crippen molar-refractivity contribution in [3.8, 4) is 0 Å². The van der Waals surface area contributed by atoms with Gasteiger partial charge in [0, 0.05) is 19.5 Å². The normalized spacial score (nSPS) is 15.9. The summed E-state index contributed by atoms with van der Waals surface area (Å²) in [6.07, 6.45) is 4.28. The van der Waals surface area contributed by atoms with E-state index in [-0.39, 0.29) is 19.1 Å². The number of likely N-dealkylation sites (tertiary alicyclic amines) is 1. The smallest absolute Gasteiger partial charge is 0.326 e. The number of ether oxygens (including phenoxy) is 1. The molecule has 8 nitrogen and oxygen atoms in total. The molecule has 0 bridgehead atoms. The van der Waals surface area contributed by atoms with Crippen LogP contribution in [0.3, 0.4) is 0 Å². The Morgan fingerprint density at radius 3 is 3.00 bits per heavy atom. The van der Waals surface area contributed by atoms with Gasteiger partial charge in [-0.1, -0.05) is 13.3 Å². The quantitative estimate of drug-likeness (QED) is 0.711. The molecule has 116 valence electrons. The van der Waals surface area contributed by atoms with Gasteiger partial charge in [0.25, 0.3) is 0 Å². The van der Waals surface area contributed by atoms with Crippen LogP contribution >= 0.6 is 0 Å². The molecule has 0 spiro atoms. The molecular formula is C13H21N5O3. The van der Waals surface area contributed by atoms with Crippen LogP contribution in [-0.4, -0.2) is 50.1 Å². The fraction of sp³-hybridized carbons (Fsp3) is 0.769. The van der Waals surface area contributed by atoms with Crippen LogP contribution in [0.15, 0.2) is 0 Å². The Balaban J connectivity index is 1.81. The zero-order valence-corrected chi connectivity index (χ0v) is 12.3. The van der Waals surface area contributed by atoms with E-state index in [2.05, 4.69) is 15.5 Å². The standard InChI is InChI=1S/C13H21N5O3/c1-2-7-18-11(14-15-16-18)10-21-13(20)9-17-8-5-3-4-6-12(17)19/h2-10H2,1H3. The number of carbonyl (C=O) groups is 2. The van der Waals surface area contributed by atoms with Crippen molar-refractivity contribution >= 4 is 11.9 Å². The summed E-state index contributed by atoms with van der Waals surface area (Å²) in [6, 6.07) is 0. The number of aromatic nitrogens is 4. The lowest BCUT2D eigenvalue weighted by atomic mass is 10.2. The van der Waals surface area contributed by atoms with Gasteiger partial charge in [-0.3, -0.25) is 9.59 Å². The number of rotatable bonds is 6. The van der Waals surface area contributed by atoms with Crippen LogP contribution < -0.4 is 0 Å². The SMILES string of the molecule is CCCn1nnnc1COC(=O)CN1CCCCCC1=O. The highest BCUT2D eigenvalue weighted by atomic mass is 16.5. The Hall–Kier alpha value is -1.99. The first-order chi connectivity index (χ1) is 10.2. The van der Waals surface area contributed by atoms with E-state index in [4.69, 9.17) is 4.74 Å². The average molecular weight is 295 g/mol. The predicted octanol–water partition coefficient (Wildman–Crippen LogP) is 0.529. The maximum atomic E-state index is 11.8. The lowest BCUT2D eigenvalue weighted by Crippen LogP contribution is -2.36. The molecule has 8 heteroatoms. The first-order valence-corrected chi connectivity index (χ1v) is 7.39. The van der Waals surface area contributed by atoms with E-state index < -0.39 is 5.97 Å². The topological polar surface area (TPSA) is 90.2 Å². The molecule has 2 heterocycles. The first-order valence-electron chi connectivity index (χ1n) is 7.39. The van der Waals surface area contributed by atoms with Crippen LogP contribution in [0.25, 0.3) is 0 Å². The molecule has 1 fully saturated rings. The second-order valence-electron chi connectivity index (χ2n) is 5.10. The van der Waals surface area contributed by atoms with Crippen molar-refractivity contribution in [2.75, 3.05) is 13.1 Å². The maximum absolute atomic E-state index is 11.8. The molecule has 1 aromatic heterocycles. The van der Waals surface area contributed by atoms with Gasteiger partial charge in [0.05, 0.1) is 0 Å². The fourth-order valence-electron chi connectivity index (χ4n) is 2.26. The summed E-state index contributed by atoms with van der Waals surface area (Å²) in [5.41, 5.74) is 0. The van der Waals surface area contributed by atoms with E-state index in [0.29, 0.717) is 25.3 Å². The van der Waals surface area contributed by atoms with Crippen LogP contribution in [0.4, 0.5) is 0 Å². The molecule has 0 aliphatic carbocycles. The zero-order valence-electron chi connectivity index (χ0n) is 12.3. The molecule has 2 rings (SSSR count). The number of hydrogen-bond acceptors (Lipinski definition) is 6. The molecule has 0 aromatic carbocycles. The maximum Gasteiger partial charge on any atom is 0.326 e. The molecule has 1 aromatic rings. The van der Waals surface area contributed by atoms with Gasteiger partial charge in [0.1, 0.15) is 6.54 Å². The molecule has 0 saturated carbocycles. The van der Waals surface area contributed by atoms with E-state index in [9.17, 15) is 9.59 Å². The van der Waals surface area contributed by atoms with E-state index in [1.165, 1.54) is 0 Å². The van der Waals surface area contributed by atoms with Gasteiger partial charge >= 0.3 is 5.97 Å². The van der Waals surface area contributed by atoms with Gasteiger partial charge in [0.15, 0.2) is 12.4 Å². The summed E-state index contributed by atoms with van der Waals surface area (Å²) in [4.78, 5) is 25.2. The number of tetrazole rings is 1. The fourth-order valence-corrected chi connectivity index (χ4v) is 2.26. The summed E-state index contributed by atoms with van der Waals surface area (Å²) >= 11 is 0. The van der Waals surface area contributed by atoms with Crippen molar-refractivity contribution in [3.05, 3.63) is 5.82 Å². The zero-order chi connectivity index (χ0) is 15.1. The van der Waals surface area contributed by atoms with Gasteiger partial charge in [-0.15, -0.1) is 5.10 Å². The molecule has 1 saturated heterocycles. The van der Waals surface area contributed by atoms with Crippen LogP contribution in [-0.2, 0) is 27.5 Å². The Morgan fingerprint density at radius 1 is 1.33 bits per heavy atom. The molecule has 21 heavy (non-hydrogen) atoms. The largest absolute Gasteiger partial charge is 0.456 e. The van der Waals surface area contributed by atoms with Crippen LogP contribution in [0, 0.1) is 0 Å². The third-order valence-corrected chi connectivity index (χ3v) is 3.40. The van der Waals surface area contributed by atoms with E-state index in [1.807, 2.05) is 6.92 Å². The number of nitrogens with zero attached hydrogens (tertiary/aromatic N) is 5. The van der Waals surface area contributed by atoms with Crippen molar-refractivity contribution in [2.45, 2.75) is 52.2 Å². The summed E-state index contributed by atoms with van der Waals surface area (Å²) in [5, 5.41) is 11.2. The van der Waals surface area contributed by atoms with Gasteiger partial charge in [-0.25, -0.2) is 4.68 Å². The molecular weight excluding hydrogens is 274 g/mol. The van der Waals surface area contributed by atoms with Crippen molar-refractivity contribution < 1.29 is 14.3 Å². The number of amides is 1. The first kappa shape index (κ1) is 15.4. The summed E-state index contributed by atoms with van der Waals surface area (Å²) in [5.74, 6) is 0.129. The summed E-state index contributed by atoms with van der Waals surface area (Å²) < 4.78 is 6.78. The van der Waals surface area contributed by atoms with Crippen molar-refractivity contribution in [1.29, 1.82) is 0 Å². The lowest BCUT2D eigenvalue weighted by molar-refractivity contribution is -0.150. The molecule has 0 N–H and O–H groups in total. The second kappa shape index (κ2) is 7.70. The van der Waals surface area contributed by atoms with E-state index in [1.54, 1.807) is 9.58 Å². The van der Waals surface area contributed by atoms with Gasteiger partial charge in [-0.2, -0.15) is 0 Å². The minimum atomic E-state index is -0.420. The minimum Gasteiger partial charge on any atom is -0.456 e. The van der Waals surface area contributed by atoms with Gasteiger partial charge in [-0.05, 0) is 29.7 Å². The third kappa shape index (κ3) is 4.51. The predicted molar refractivity (Wildman–Crippen MR) is 73.0 cm³/mol. The number of hydrogen-bond donors (Lipinski definition) is 0. The van der Waals surface area contributed by atoms with Gasteiger partial charge in [0.2, 0.25) is 5.91 Å². The van der Waals surface area contributed by atoms with Crippen molar-refractivity contribution in [2.24, 2.45) is 0 Å². The monoisotopic (exact) mass is 295 g/mol. The number of aryl methyl sites for hydroxylation is 1. The average Bonchev–Trinajstić information content (AvgIpc) is 2.81. The second-order valence-corrected chi connectivity index (χ2v) is 5.10. The molecule has 1 aliphatic rings. The third-order valence-electron chi connectivity index (χ3n) is 3.40. The van der Waals surface area contributed by atoms with Crippen LogP contribution in [0.1, 0.15) is 44.9 Å². The summed E-state index contributed by atoms with van der Waals surface area (Å²) in [7, 11) is 0. The number of esters is 1. The highest BCUT2D eigenvalue weighted by molar-refractivity contribution is 5.82. The minimum absolute atomic E-state index is 0.00811. The highest BCUT2D eigenvalue weighted by Crippen LogP contribution is 2.11. The Labute approximate surface area is 123 Å². The van der Waals surface area contributed by atoms with Crippen molar-refractivity contribution in [1.82, 2.24) is 25.1 Å². The van der Waals surface area contributed by atoms with Gasteiger partial charge < -0.3 is 9.64 Å². The molecule has 0 atom stereocenters.